The minimum absolute atomic E-state index is 0.0367. The first-order valence-electron chi connectivity index (χ1n) is 8.56. The van der Waals surface area contributed by atoms with Crippen molar-refractivity contribution in [3.63, 3.8) is 0 Å². The van der Waals surface area contributed by atoms with Crippen molar-refractivity contribution in [2.45, 2.75) is 40.5 Å². The quantitative estimate of drug-likeness (QED) is 0.443. The Morgan fingerprint density at radius 1 is 0.870 bits per heavy atom. The van der Waals surface area contributed by atoms with Crippen LogP contribution in [0.5, 0.6) is 0 Å². The lowest BCUT2D eigenvalue weighted by Gasteiger charge is -2.20. The molecule has 1 nitrogen and oxygen atoms in total. The zero-order valence-corrected chi connectivity index (χ0v) is 17.2. The molecule has 0 atom stereocenters. The van der Waals surface area contributed by atoms with Crippen molar-refractivity contribution < 1.29 is 4.42 Å². The summed E-state index contributed by atoms with van der Waals surface area (Å²) in [6.07, 6.45) is 5.37. The van der Waals surface area contributed by atoms with Crippen molar-refractivity contribution in [2.75, 3.05) is 12.3 Å². The van der Waals surface area contributed by atoms with Crippen molar-refractivity contribution >= 4 is 29.2 Å². The van der Waals surface area contributed by atoms with Gasteiger partial charge in [-0.15, -0.1) is 0 Å². The summed E-state index contributed by atoms with van der Waals surface area (Å²) in [4.78, 5) is 0. The van der Waals surface area contributed by atoms with Crippen LogP contribution in [0.2, 0.25) is 0 Å². The zero-order valence-electron chi connectivity index (χ0n) is 14.7. The molecule has 23 heavy (non-hydrogen) atoms. The van der Waals surface area contributed by atoms with Crippen molar-refractivity contribution in [2.24, 2.45) is 11.8 Å². The van der Waals surface area contributed by atoms with E-state index in [0.717, 1.165) is 27.8 Å². The average Bonchev–Trinajstić information content (AvgIpc) is 2.94. The molecule has 2 aromatic rings. The minimum Gasteiger partial charge on any atom is -0.449 e. The first-order chi connectivity index (χ1) is 11.0. The smallest absolute Gasteiger partial charge is 0.169 e. The molecule has 0 unspecified atom stereocenters. The number of hydrogen-bond acceptors (Lipinski definition) is 1. The van der Waals surface area contributed by atoms with E-state index in [4.69, 9.17) is 4.42 Å². The van der Waals surface area contributed by atoms with Crippen molar-refractivity contribution in [1.82, 2.24) is 0 Å². The fourth-order valence-electron chi connectivity index (χ4n) is 2.50. The van der Waals surface area contributed by atoms with Gasteiger partial charge in [-0.3, -0.25) is 0 Å². The molecular formula is C20H28BrOP. The number of furan rings is 1. The normalized spacial score (nSPS) is 11.8. The SMILES string of the molecule is CC(C)CCP(CCC(C)C)c1ccc(-c2ccc(Br)o2)cc1. The van der Waals surface area contributed by atoms with Gasteiger partial charge in [0.05, 0.1) is 0 Å². The molecule has 126 valence electrons. The highest BCUT2D eigenvalue weighted by molar-refractivity contribution is 9.10. The second-order valence-corrected chi connectivity index (χ2v) is 10.3. The van der Waals surface area contributed by atoms with Crippen LogP contribution in [0.25, 0.3) is 11.3 Å². The van der Waals surface area contributed by atoms with Crippen molar-refractivity contribution in [3.05, 3.63) is 41.1 Å². The van der Waals surface area contributed by atoms with Crippen LogP contribution in [-0.2, 0) is 0 Å². The van der Waals surface area contributed by atoms with Gasteiger partial charge in [0.1, 0.15) is 5.76 Å². The highest BCUT2D eigenvalue weighted by atomic mass is 79.9. The average molecular weight is 395 g/mol. The van der Waals surface area contributed by atoms with E-state index in [1.54, 1.807) is 0 Å². The van der Waals surface area contributed by atoms with Crippen LogP contribution in [0.3, 0.4) is 0 Å². The van der Waals surface area contributed by atoms with E-state index in [1.807, 2.05) is 12.1 Å². The topological polar surface area (TPSA) is 13.1 Å². The standard InChI is InChI=1S/C20H28BrOP/c1-15(2)11-13-23(14-12-16(3)4)18-7-5-17(6-8-18)19-9-10-20(21)22-19/h5-10,15-16H,11-14H2,1-4H3. The Morgan fingerprint density at radius 2 is 1.43 bits per heavy atom. The highest BCUT2D eigenvalue weighted by Crippen LogP contribution is 2.38. The van der Waals surface area contributed by atoms with E-state index in [0.29, 0.717) is 0 Å². The van der Waals surface area contributed by atoms with E-state index < -0.39 is 0 Å². The third kappa shape index (κ3) is 6.08. The maximum absolute atomic E-state index is 5.65. The fraction of sp³-hybridized carbons (Fsp3) is 0.500. The van der Waals surface area contributed by atoms with Gasteiger partial charge in [0.15, 0.2) is 4.67 Å². The van der Waals surface area contributed by atoms with Crippen LogP contribution < -0.4 is 5.30 Å². The summed E-state index contributed by atoms with van der Waals surface area (Å²) in [6.45, 7) is 9.31. The Kier molecular flexibility index (Phi) is 7.37. The predicted octanol–water partition coefficient (Wildman–Crippen LogP) is 6.91. The first-order valence-corrected chi connectivity index (χ1v) is 11.1. The van der Waals surface area contributed by atoms with E-state index in [-0.39, 0.29) is 7.92 Å². The van der Waals surface area contributed by atoms with Gasteiger partial charge in [-0.1, -0.05) is 59.9 Å². The molecule has 0 bridgehead atoms. The van der Waals surface area contributed by atoms with Crippen LogP contribution in [0, 0.1) is 11.8 Å². The van der Waals surface area contributed by atoms with Gasteiger partial charge in [-0.05, 0) is 70.4 Å². The Hall–Kier alpha value is -0.590. The monoisotopic (exact) mass is 394 g/mol. The Labute approximate surface area is 150 Å². The highest BCUT2D eigenvalue weighted by Gasteiger charge is 2.13. The number of halogens is 1. The number of rotatable bonds is 8. The fourth-order valence-corrected chi connectivity index (χ4v) is 5.78. The molecule has 2 rings (SSSR count). The van der Waals surface area contributed by atoms with Crippen LogP contribution in [0.15, 0.2) is 45.5 Å². The van der Waals surface area contributed by atoms with Gasteiger partial charge in [-0.2, -0.15) is 0 Å². The summed E-state index contributed by atoms with van der Waals surface area (Å²) in [5.41, 5.74) is 1.15. The van der Waals surface area contributed by atoms with Crippen molar-refractivity contribution in [1.29, 1.82) is 0 Å². The molecule has 0 fully saturated rings. The minimum atomic E-state index is -0.0367. The van der Waals surface area contributed by atoms with E-state index in [2.05, 4.69) is 67.9 Å². The second kappa shape index (κ2) is 9.04. The lowest BCUT2D eigenvalue weighted by molar-refractivity contribution is 0.556. The molecule has 1 aromatic heterocycles. The van der Waals surface area contributed by atoms with Crippen LogP contribution in [0.4, 0.5) is 0 Å². The molecule has 0 radical (unpaired) electrons. The van der Waals surface area contributed by atoms with Crippen LogP contribution >= 0.6 is 23.9 Å². The largest absolute Gasteiger partial charge is 0.449 e. The zero-order chi connectivity index (χ0) is 16.8. The number of benzene rings is 1. The molecule has 0 N–H and O–H groups in total. The van der Waals surface area contributed by atoms with Crippen molar-refractivity contribution in [3.8, 4) is 11.3 Å². The van der Waals surface area contributed by atoms with E-state index in [9.17, 15) is 0 Å². The van der Waals surface area contributed by atoms with Gasteiger partial charge in [0.2, 0.25) is 0 Å². The molecule has 1 aromatic carbocycles. The summed E-state index contributed by atoms with van der Waals surface area (Å²) in [6, 6.07) is 13.0. The summed E-state index contributed by atoms with van der Waals surface area (Å²) in [5, 5.41) is 1.54. The van der Waals surface area contributed by atoms with Crippen LogP contribution in [-0.4, -0.2) is 12.3 Å². The van der Waals surface area contributed by atoms with E-state index >= 15 is 0 Å². The van der Waals surface area contributed by atoms with Gasteiger partial charge < -0.3 is 4.42 Å². The molecule has 0 amide bonds. The molecule has 0 saturated carbocycles. The maximum Gasteiger partial charge on any atom is 0.169 e. The molecule has 0 aliphatic carbocycles. The van der Waals surface area contributed by atoms with E-state index in [1.165, 1.54) is 30.5 Å². The lowest BCUT2D eigenvalue weighted by atomic mass is 10.2. The molecule has 3 heteroatoms. The van der Waals surface area contributed by atoms with Gasteiger partial charge in [0.25, 0.3) is 0 Å². The molecule has 1 heterocycles. The maximum atomic E-state index is 5.65. The van der Waals surface area contributed by atoms with Crippen LogP contribution in [0.1, 0.15) is 40.5 Å². The summed E-state index contributed by atoms with van der Waals surface area (Å²) in [5.74, 6) is 2.51. The molecular weight excluding hydrogens is 367 g/mol. The summed E-state index contributed by atoms with van der Waals surface area (Å²) in [7, 11) is -0.0367. The Balaban J connectivity index is 2.10. The molecule has 0 saturated heterocycles. The predicted molar refractivity (Wildman–Crippen MR) is 107 cm³/mol. The third-order valence-corrected chi connectivity index (χ3v) is 7.09. The van der Waals surface area contributed by atoms with Gasteiger partial charge in [0, 0.05) is 5.56 Å². The Morgan fingerprint density at radius 3 is 1.87 bits per heavy atom. The summed E-state index contributed by atoms with van der Waals surface area (Å²) < 4.78 is 6.43. The molecule has 0 aliphatic heterocycles. The first kappa shape index (κ1) is 18.7. The third-order valence-electron chi connectivity index (χ3n) is 4.04. The molecule has 0 aliphatic rings. The lowest BCUT2D eigenvalue weighted by Crippen LogP contribution is -2.09. The Bertz CT molecular complexity index is 574. The van der Waals surface area contributed by atoms with Gasteiger partial charge >= 0.3 is 0 Å². The number of hydrogen-bond donors (Lipinski definition) is 0. The second-order valence-electron chi connectivity index (χ2n) is 7.00. The summed E-state index contributed by atoms with van der Waals surface area (Å²) >= 11 is 3.37. The molecule has 0 spiro atoms. The van der Waals surface area contributed by atoms with Gasteiger partial charge in [-0.25, -0.2) is 0 Å².